The van der Waals surface area contributed by atoms with Crippen molar-refractivity contribution < 1.29 is 14.3 Å². The van der Waals surface area contributed by atoms with Gasteiger partial charge in [-0.1, -0.05) is 29.8 Å². The van der Waals surface area contributed by atoms with E-state index < -0.39 is 0 Å². The number of methoxy groups -OCH3 is 1. The van der Waals surface area contributed by atoms with Crippen molar-refractivity contribution in [2.75, 3.05) is 20.7 Å². The highest BCUT2D eigenvalue weighted by Gasteiger charge is 2.31. The molecule has 3 heterocycles. The van der Waals surface area contributed by atoms with Crippen LogP contribution in [0.3, 0.4) is 0 Å². The number of carbonyl (C=O) groups is 1. The molecule has 0 amide bonds. The number of alkyl halides is 1. The van der Waals surface area contributed by atoms with Crippen LogP contribution in [-0.4, -0.2) is 51.9 Å². The van der Waals surface area contributed by atoms with Gasteiger partial charge in [0.15, 0.2) is 0 Å². The predicted molar refractivity (Wildman–Crippen MR) is 115 cm³/mol. The van der Waals surface area contributed by atoms with E-state index in [1.165, 1.54) is 18.0 Å². The van der Waals surface area contributed by atoms with Crippen molar-refractivity contribution in [2.45, 2.75) is 37.6 Å². The number of aromatic nitrogens is 3. The van der Waals surface area contributed by atoms with Gasteiger partial charge in [-0.25, -0.2) is 0 Å². The Morgan fingerprint density at radius 2 is 2.20 bits per heavy atom. The minimum absolute atomic E-state index is 0.149. The molecule has 1 aromatic carbocycles. The number of hydrogen-bond donors (Lipinski definition) is 1. The molecule has 0 radical (unpaired) electrons. The van der Waals surface area contributed by atoms with E-state index in [-0.39, 0.29) is 24.2 Å². The monoisotopic (exact) mass is 430 g/mol. The van der Waals surface area contributed by atoms with E-state index in [1.54, 1.807) is 0 Å². The molecule has 3 atom stereocenters. The second-order valence-electron chi connectivity index (χ2n) is 7.97. The lowest BCUT2D eigenvalue weighted by molar-refractivity contribution is -0.141. The molecule has 1 aliphatic heterocycles. The number of benzene rings is 1. The van der Waals surface area contributed by atoms with E-state index in [0.29, 0.717) is 12.5 Å². The summed E-state index contributed by atoms with van der Waals surface area (Å²) in [6.45, 7) is 1.69. The first-order valence-corrected chi connectivity index (χ1v) is 10.6. The molecule has 8 heteroatoms. The van der Waals surface area contributed by atoms with Crippen molar-refractivity contribution in [1.82, 2.24) is 19.7 Å². The van der Waals surface area contributed by atoms with Crippen LogP contribution in [0.5, 0.6) is 0 Å². The number of para-hydroxylation sites is 1. The van der Waals surface area contributed by atoms with Gasteiger partial charge in [0, 0.05) is 30.5 Å². The number of hydrogen-bond acceptors (Lipinski definition) is 5. The third kappa shape index (κ3) is 4.86. The van der Waals surface area contributed by atoms with Crippen molar-refractivity contribution in [3.05, 3.63) is 54.0 Å². The summed E-state index contributed by atoms with van der Waals surface area (Å²) < 4.78 is 13.0. The van der Waals surface area contributed by atoms with Crippen molar-refractivity contribution in [2.24, 2.45) is 5.92 Å². The van der Waals surface area contributed by atoms with Gasteiger partial charge in [0.25, 0.3) is 0 Å². The Hall–Kier alpha value is -2.35. The molecule has 160 valence electrons. The Balaban J connectivity index is 1.41. The average Bonchev–Trinajstić information content (AvgIpc) is 3.35. The molecule has 0 saturated carbocycles. The van der Waals surface area contributed by atoms with Gasteiger partial charge >= 0.3 is 5.97 Å². The van der Waals surface area contributed by atoms with Gasteiger partial charge in [-0.05, 0) is 49.4 Å². The molecule has 0 aliphatic carbocycles. The van der Waals surface area contributed by atoms with E-state index in [0.717, 1.165) is 30.8 Å². The Kier molecular flexibility index (Phi) is 6.41. The number of halogens is 1. The average molecular weight is 431 g/mol. The fourth-order valence-corrected chi connectivity index (χ4v) is 4.50. The molecule has 0 spiro atoms. The molecule has 1 fully saturated rings. The zero-order valence-electron chi connectivity index (χ0n) is 17.3. The van der Waals surface area contributed by atoms with Gasteiger partial charge in [-0.3, -0.25) is 14.8 Å². The standard InChI is InChI=1S/C22H27ClN4O3/c1-26(14-22(28)29-2)13-17-11-18(25-24-17)20-9-15(10-21(23)30-20)12-27-8-7-16-5-3-4-6-19(16)27/h3-8,11,15,20-21H,9-10,12-14H2,1-2H3,(H,24,25). The zero-order valence-corrected chi connectivity index (χ0v) is 18.0. The number of H-pyrrole nitrogens is 1. The summed E-state index contributed by atoms with van der Waals surface area (Å²) in [5, 5.41) is 8.75. The number of rotatable bonds is 7. The third-order valence-electron chi connectivity index (χ3n) is 5.56. The first kappa shape index (κ1) is 20.9. The van der Waals surface area contributed by atoms with Gasteiger partial charge in [-0.15, -0.1) is 0 Å². The molecule has 0 bridgehead atoms. The molecule has 1 N–H and O–H groups in total. The van der Waals surface area contributed by atoms with Crippen molar-refractivity contribution in [1.29, 1.82) is 0 Å². The highest BCUT2D eigenvalue weighted by atomic mass is 35.5. The summed E-state index contributed by atoms with van der Waals surface area (Å²) in [5.74, 6) is 0.127. The van der Waals surface area contributed by atoms with Crippen molar-refractivity contribution in [3.63, 3.8) is 0 Å². The normalized spacial score (nSPS) is 21.9. The molecule has 3 unspecified atom stereocenters. The highest BCUT2D eigenvalue weighted by Crippen LogP contribution is 2.37. The number of nitrogens with zero attached hydrogens (tertiary/aromatic N) is 3. The van der Waals surface area contributed by atoms with Crippen LogP contribution in [0.2, 0.25) is 0 Å². The second-order valence-corrected chi connectivity index (χ2v) is 8.45. The third-order valence-corrected chi connectivity index (χ3v) is 5.84. The lowest BCUT2D eigenvalue weighted by Gasteiger charge is -2.32. The van der Waals surface area contributed by atoms with Crippen molar-refractivity contribution >= 4 is 28.5 Å². The number of esters is 1. The maximum Gasteiger partial charge on any atom is 0.319 e. The Bertz CT molecular complexity index is 1000. The lowest BCUT2D eigenvalue weighted by atomic mass is 9.93. The number of aromatic amines is 1. The number of likely N-dealkylation sites (N-methyl/N-ethyl adjacent to an activating group) is 1. The maximum absolute atomic E-state index is 11.4. The maximum atomic E-state index is 11.4. The lowest BCUT2D eigenvalue weighted by Crippen LogP contribution is -2.27. The molecule has 2 aromatic heterocycles. The summed E-state index contributed by atoms with van der Waals surface area (Å²) >= 11 is 6.45. The van der Waals surface area contributed by atoms with Crippen LogP contribution < -0.4 is 0 Å². The van der Waals surface area contributed by atoms with Crippen LogP contribution >= 0.6 is 11.6 Å². The fourth-order valence-electron chi connectivity index (χ4n) is 4.12. The van der Waals surface area contributed by atoms with Gasteiger partial charge < -0.3 is 14.0 Å². The topological polar surface area (TPSA) is 72.4 Å². The van der Waals surface area contributed by atoms with Crippen LogP contribution in [0.4, 0.5) is 0 Å². The molecule has 4 rings (SSSR count). The SMILES string of the molecule is COC(=O)CN(C)Cc1cc(C2CC(Cn3ccc4ccccc43)CC(Cl)O2)n[nH]1. The number of fused-ring (bicyclic) bond motifs is 1. The molecule has 3 aromatic rings. The minimum Gasteiger partial charge on any atom is -0.468 e. The summed E-state index contributed by atoms with van der Waals surface area (Å²) in [6.07, 6.45) is 3.66. The highest BCUT2D eigenvalue weighted by molar-refractivity contribution is 6.19. The molecule has 30 heavy (non-hydrogen) atoms. The largest absolute Gasteiger partial charge is 0.468 e. The number of ether oxygens (including phenoxy) is 2. The molecule has 1 saturated heterocycles. The summed E-state index contributed by atoms with van der Waals surface area (Å²) in [4.78, 5) is 13.3. The van der Waals surface area contributed by atoms with E-state index in [2.05, 4.69) is 51.3 Å². The Morgan fingerprint density at radius 3 is 3.03 bits per heavy atom. The molecule has 1 aliphatic rings. The predicted octanol–water partition coefficient (Wildman–Crippen LogP) is 3.70. The quantitative estimate of drug-likeness (QED) is 0.457. The smallest absolute Gasteiger partial charge is 0.319 e. The first-order valence-electron chi connectivity index (χ1n) is 10.1. The summed E-state index contributed by atoms with van der Waals surface area (Å²) in [7, 11) is 3.25. The van der Waals surface area contributed by atoms with Crippen LogP contribution in [0.25, 0.3) is 10.9 Å². The van der Waals surface area contributed by atoms with E-state index in [1.807, 2.05) is 18.0 Å². The Morgan fingerprint density at radius 1 is 1.37 bits per heavy atom. The minimum atomic E-state index is -0.335. The number of carbonyl (C=O) groups excluding carboxylic acids is 1. The summed E-state index contributed by atoms with van der Waals surface area (Å²) in [5.41, 5.74) is 2.67. The Labute approximate surface area is 180 Å². The first-order chi connectivity index (χ1) is 14.5. The van der Waals surface area contributed by atoms with Crippen LogP contribution in [-0.2, 0) is 27.4 Å². The summed E-state index contributed by atoms with van der Waals surface area (Å²) in [6, 6.07) is 12.5. The number of nitrogens with one attached hydrogen (secondary N) is 1. The van der Waals surface area contributed by atoms with Gasteiger partial charge in [0.1, 0.15) is 11.7 Å². The van der Waals surface area contributed by atoms with Gasteiger partial charge in [-0.2, -0.15) is 5.10 Å². The van der Waals surface area contributed by atoms with Gasteiger partial charge in [0.05, 0.1) is 19.3 Å². The molecule has 7 nitrogen and oxygen atoms in total. The van der Waals surface area contributed by atoms with Crippen molar-refractivity contribution in [3.8, 4) is 0 Å². The zero-order chi connectivity index (χ0) is 21.1. The fraction of sp³-hybridized carbons (Fsp3) is 0.455. The van der Waals surface area contributed by atoms with E-state index >= 15 is 0 Å². The molecular weight excluding hydrogens is 404 g/mol. The second kappa shape index (κ2) is 9.20. The molecular formula is C22H27ClN4O3. The van der Waals surface area contributed by atoms with E-state index in [9.17, 15) is 4.79 Å². The van der Waals surface area contributed by atoms with E-state index in [4.69, 9.17) is 21.1 Å². The van der Waals surface area contributed by atoms with Crippen LogP contribution in [0.15, 0.2) is 42.6 Å². The van der Waals surface area contributed by atoms with Gasteiger partial charge in [0.2, 0.25) is 0 Å². The van der Waals surface area contributed by atoms with Crippen LogP contribution in [0, 0.1) is 5.92 Å². The van der Waals surface area contributed by atoms with Crippen LogP contribution in [0.1, 0.15) is 30.3 Å².